The Balaban J connectivity index is 1.23. The molecule has 310 valence electrons. The standard InChI is InChI=1S/C60H49N3O/c1-38(2)42-24-26-44(27-25-42)47-28-29-61-55(36-47)50-34-48(43-16-9-6-10-17-43)33-49(35-50)51-22-15-23-56-58(51)62-60(54-31-39(3)30-41(5)59(54)64)63(56)57-37-52(45-18-11-7-12-19-45)40(4)32-53(57)46-20-13-8-14-21-46/h6-38,64H,1-5H3/i38D. The first-order valence-corrected chi connectivity index (χ1v) is 21.9. The van der Waals surface area contributed by atoms with Crippen LogP contribution in [0.3, 0.4) is 0 Å². The van der Waals surface area contributed by atoms with Crippen LogP contribution in [0.15, 0.2) is 194 Å². The fraction of sp³-hybridized carbons (Fsp3) is 0.100. The summed E-state index contributed by atoms with van der Waals surface area (Å²) >= 11 is 0. The van der Waals surface area contributed by atoms with Crippen LogP contribution in [0.4, 0.5) is 0 Å². The number of fused-ring (bicyclic) bond motifs is 1. The molecule has 2 heterocycles. The van der Waals surface area contributed by atoms with E-state index in [1.54, 1.807) is 0 Å². The highest BCUT2D eigenvalue weighted by Gasteiger charge is 2.24. The Morgan fingerprint density at radius 2 is 1.11 bits per heavy atom. The van der Waals surface area contributed by atoms with Crippen LogP contribution in [0, 0.1) is 20.8 Å². The molecule has 10 aromatic rings. The number of hydrogen-bond acceptors (Lipinski definition) is 3. The fourth-order valence-electron chi connectivity index (χ4n) is 9.04. The molecule has 8 aromatic carbocycles. The highest BCUT2D eigenvalue weighted by Crippen LogP contribution is 2.44. The molecule has 0 spiro atoms. The molecular weight excluding hydrogens is 779 g/mol. The van der Waals surface area contributed by atoms with E-state index in [4.69, 9.17) is 11.3 Å². The van der Waals surface area contributed by atoms with Crippen molar-refractivity contribution in [2.45, 2.75) is 40.5 Å². The minimum atomic E-state index is -0.676. The Morgan fingerprint density at radius 1 is 0.484 bits per heavy atom. The summed E-state index contributed by atoms with van der Waals surface area (Å²) in [7, 11) is 0. The van der Waals surface area contributed by atoms with Crippen molar-refractivity contribution in [3.8, 4) is 89.7 Å². The molecule has 1 N–H and O–H groups in total. The van der Waals surface area contributed by atoms with E-state index in [1.807, 2.05) is 69.4 Å². The Bertz CT molecular complexity index is 3370. The Kier molecular flexibility index (Phi) is 10.3. The summed E-state index contributed by atoms with van der Waals surface area (Å²) < 4.78 is 10.8. The zero-order valence-corrected chi connectivity index (χ0v) is 36.8. The maximum atomic E-state index is 11.9. The van der Waals surface area contributed by atoms with Crippen LogP contribution >= 0.6 is 0 Å². The number of imidazole rings is 1. The molecule has 0 atom stereocenters. The van der Waals surface area contributed by atoms with Crippen molar-refractivity contribution < 1.29 is 6.48 Å². The molecule has 0 aliphatic heterocycles. The van der Waals surface area contributed by atoms with Crippen molar-refractivity contribution in [3.63, 3.8) is 0 Å². The molecule has 0 unspecified atom stereocenters. The lowest BCUT2D eigenvalue weighted by molar-refractivity contribution is 0.472. The quantitative estimate of drug-likeness (QED) is 0.158. The first-order chi connectivity index (χ1) is 31.5. The van der Waals surface area contributed by atoms with Gasteiger partial charge in [-0.05, 0) is 148 Å². The first-order valence-electron chi connectivity index (χ1n) is 22.4. The number of aromatic hydroxyl groups is 1. The van der Waals surface area contributed by atoms with Crippen molar-refractivity contribution in [1.82, 2.24) is 14.5 Å². The Hall–Kier alpha value is -7.82. The van der Waals surface area contributed by atoms with Gasteiger partial charge in [0, 0.05) is 24.3 Å². The van der Waals surface area contributed by atoms with E-state index in [2.05, 4.69) is 164 Å². The summed E-state index contributed by atoms with van der Waals surface area (Å²) in [5, 5.41) is 11.9. The van der Waals surface area contributed by atoms with E-state index < -0.39 is 5.89 Å². The second-order valence-corrected chi connectivity index (χ2v) is 17.0. The third-order valence-electron chi connectivity index (χ3n) is 12.3. The molecule has 4 heteroatoms. The van der Waals surface area contributed by atoms with E-state index in [0.29, 0.717) is 11.4 Å². The summed E-state index contributed by atoms with van der Waals surface area (Å²) in [5.41, 5.74) is 19.8. The van der Waals surface area contributed by atoms with Crippen LogP contribution in [0.2, 0.25) is 0 Å². The van der Waals surface area contributed by atoms with E-state index in [9.17, 15) is 5.11 Å². The van der Waals surface area contributed by atoms with Gasteiger partial charge in [-0.2, -0.15) is 0 Å². The van der Waals surface area contributed by atoms with E-state index in [1.165, 1.54) is 0 Å². The molecule has 10 rings (SSSR count). The summed E-state index contributed by atoms with van der Waals surface area (Å²) in [4.78, 5) is 10.5. The maximum Gasteiger partial charge on any atom is 0.149 e. The molecule has 0 amide bonds. The van der Waals surface area contributed by atoms with Gasteiger partial charge < -0.3 is 5.11 Å². The number of benzene rings is 8. The molecule has 2 aromatic heterocycles. The van der Waals surface area contributed by atoms with Crippen LogP contribution in [-0.2, 0) is 0 Å². The average Bonchev–Trinajstić information content (AvgIpc) is 3.72. The predicted octanol–water partition coefficient (Wildman–Crippen LogP) is 15.8. The number of aromatic nitrogens is 3. The van der Waals surface area contributed by atoms with Gasteiger partial charge in [0.1, 0.15) is 11.6 Å². The molecule has 0 radical (unpaired) electrons. The van der Waals surface area contributed by atoms with Crippen LogP contribution in [-0.4, -0.2) is 19.6 Å². The van der Waals surface area contributed by atoms with Gasteiger partial charge in [0.05, 0.1) is 28.0 Å². The number of rotatable bonds is 9. The molecule has 4 nitrogen and oxygen atoms in total. The second kappa shape index (κ2) is 16.8. The fourth-order valence-corrected chi connectivity index (χ4v) is 9.04. The summed E-state index contributed by atoms with van der Waals surface area (Å²) in [6, 6.07) is 65.8. The summed E-state index contributed by atoms with van der Waals surface area (Å²) in [5.74, 6) is 0.193. The summed E-state index contributed by atoms with van der Waals surface area (Å²) in [6.45, 7) is 10.0. The van der Waals surface area contributed by atoms with Crippen LogP contribution in [0.5, 0.6) is 5.75 Å². The first kappa shape index (κ1) is 39.1. The van der Waals surface area contributed by atoms with E-state index >= 15 is 0 Å². The number of para-hydroxylation sites is 1. The zero-order chi connectivity index (χ0) is 44.8. The number of phenolic OH excluding ortho intramolecular Hbond substituents is 1. The SMILES string of the molecule is [2H]C(C)(C)c1ccc(-c2ccnc(-c3cc(-c4ccccc4)cc(-c4cccc5c4nc(-c4cc(C)cc(C)c4O)n5-c4cc(-c5ccccc5)c(C)cc4-c4ccccc4)c3)c2)cc1. The Labute approximate surface area is 377 Å². The summed E-state index contributed by atoms with van der Waals surface area (Å²) in [6.07, 6.45) is 1.88. The van der Waals surface area contributed by atoms with Crippen molar-refractivity contribution >= 4 is 11.0 Å². The molecular formula is C60H49N3O. The second-order valence-electron chi connectivity index (χ2n) is 17.0. The molecule has 0 bridgehead atoms. The molecule has 0 saturated heterocycles. The topological polar surface area (TPSA) is 50.9 Å². The monoisotopic (exact) mass is 828 g/mol. The van der Waals surface area contributed by atoms with Gasteiger partial charge in [-0.25, -0.2) is 4.98 Å². The third kappa shape index (κ3) is 7.58. The van der Waals surface area contributed by atoms with E-state index in [0.717, 1.165) is 106 Å². The van der Waals surface area contributed by atoms with Gasteiger partial charge in [-0.15, -0.1) is 0 Å². The minimum Gasteiger partial charge on any atom is -0.507 e. The molecule has 0 aliphatic rings. The molecule has 0 saturated carbocycles. The van der Waals surface area contributed by atoms with Gasteiger partial charge in [0.15, 0.2) is 0 Å². The number of aryl methyl sites for hydroxylation is 3. The van der Waals surface area contributed by atoms with Crippen molar-refractivity contribution in [2.75, 3.05) is 0 Å². The van der Waals surface area contributed by atoms with Gasteiger partial charge in [0.2, 0.25) is 0 Å². The maximum absolute atomic E-state index is 11.9. The Morgan fingerprint density at radius 3 is 1.80 bits per heavy atom. The lowest BCUT2D eigenvalue weighted by Gasteiger charge is -2.19. The smallest absolute Gasteiger partial charge is 0.149 e. The van der Waals surface area contributed by atoms with Crippen molar-refractivity contribution in [3.05, 3.63) is 217 Å². The van der Waals surface area contributed by atoms with Crippen molar-refractivity contribution in [1.29, 1.82) is 0 Å². The van der Waals surface area contributed by atoms with Crippen LogP contribution < -0.4 is 0 Å². The van der Waals surface area contributed by atoms with Crippen LogP contribution in [0.25, 0.3) is 95.0 Å². The van der Waals surface area contributed by atoms with Gasteiger partial charge in [-0.1, -0.05) is 147 Å². The zero-order valence-electron chi connectivity index (χ0n) is 37.8. The van der Waals surface area contributed by atoms with Gasteiger partial charge in [0.25, 0.3) is 0 Å². The highest BCUT2D eigenvalue weighted by atomic mass is 16.3. The molecule has 0 fully saturated rings. The predicted molar refractivity (Wildman–Crippen MR) is 267 cm³/mol. The normalized spacial score (nSPS) is 11.8. The molecule has 0 aliphatic carbocycles. The highest BCUT2D eigenvalue weighted by molar-refractivity contribution is 5.99. The van der Waals surface area contributed by atoms with Gasteiger partial charge >= 0.3 is 0 Å². The van der Waals surface area contributed by atoms with Crippen molar-refractivity contribution in [2.24, 2.45) is 0 Å². The number of nitrogens with zero attached hydrogens (tertiary/aromatic N) is 3. The number of phenols is 1. The largest absolute Gasteiger partial charge is 0.507 e. The lowest BCUT2D eigenvalue weighted by atomic mass is 9.93. The van der Waals surface area contributed by atoms with Gasteiger partial charge in [-0.3, -0.25) is 9.55 Å². The third-order valence-corrected chi connectivity index (χ3v) is 12.3. The van der Waals surface area contributed by atoms with E-state index in [-0.39, 0.29) is 5.75 Å². The number of hydrogen-bond donors (Lipinski definition) is 1. The average molecular weight is 829 g/mol. The van der Waals surface area contributed by atoms with Crippen LogP contribution in [0.1, 0.15) is 43.4 Å². The minimum absolute atomic E-state index is 0.211. The number of pyridine rings is 1. The molecule has 64 heavy (non-hydrogen) atoms. The lowest BCUT2D eigenvalue weighted by Crippen LogP contribution is -2.03.